The van der Waals surface area contributed by atoms with E-state index in [9.17, 15) is 18.0 Å². The predicted octanol–water partition coefficient (Wildman–Crippen LogP) is 5.29. The van der Waals surface area contributed by atoms with Crippen molar-refractivity contribution in [2.24, 2.45) is 0 Å². The van der Waals surface area contributed by atoms with Gasteiger partial charge in [0.1, 0.15) is 12.6 Å². The van der Waals surface area contributed by atoms with Crippen LogP contribution in [0.3, 0.4) is 0 Å². The van der Waals surface area contributed by atoms with E-state index in [0.717, 1.165) is 32.7 Å². The van der Waals surface area contributed by atoms with Gasteiger partial charge >= 0.3 is 0 Å². The minimum atomic E-state index is -4.06. The topological polar surface area (TPSA) is 86.8 Å². The number of anilines is 1. The molecule has 0 saturated carbocycles. The Kier molecular flexibility index (Phi) is 10.5. The van der Waals surface area contributed by atoms with Crippen molar-refractivity contribution in [2.75, 3.05) is 17.4 Å². The Morgan fingerprint density at radius 3 is 2.34 bits per heavy atom. The number of carbonyl (C=O) groups excluding carboxylic acids is 2. The number of rotatable bonds is 12. The third-order valence-electron chi connectivity index (χ3n) is 6.14. The molecule has 38 heavy (non-hydrogen) atoms. The van der Waals surface area contributed by atoms with Crippen LogP contribution >= 0.6 is 15.9 Å². The van der Waals surface area contributed by atoms with Gasteiger partial charge in [0.25, 0.3) is 10.0 Å². The lowest BCUT2D eigenvalue weighted by Crippen LogP contribution is -2.51. The van der Waals surface area contributed by atoms with E-state index >= 15 is 0 Å². The van der Waals surface area contributed by atoms with Crippen LogP contribution in [-0.4, -0.2) is 44.3 Å². The summed E-state index contributed by atoms with van der Waals surface area (Å²) in [6.45, 7) is 5.76. The quantitative estimate of drug-likeness (QED) is 0.287. The molecule has 0 spiro atoms. The molecular weight excluding hydrogens is 566 g/mol. The number of carbonyl (C=O) groups is 2. The molecule has 9 heteroatoms. The van der Waals surface area contributed by atoms with Crippen LogP contribution < -0.4 is 9.62 Å². The molecule has 2 amide bonds. The maximum atomic E-state index is 13.9. The van der Waals surface area contributed by atoms with Crippen LogP contribution in [0.2, 0.25) is 0 Å². The van der Waals surface area contributed by atoms with Crippen LogP contribution in [-0.2, 0) is 26.2 Å². The monoisotopic (exact) mass is 599 g/mol. The zero-order valence-corrected chi connectivity index (χ0v) is 24.3. The number of hydrogen-bond acceptors (Lipinski definition) is 4. The summed E-state index contributed by atoms with van der Waals surface area (Å²) in [6, 6.07) is 21.7. The summed E-state index contributed by atoms with van der Waals surface area (Å²) in [6.07, 6.45) is 1.76. The third-order valence-corrected chi connectivity index (χ3v) is 8.42. The molecule has 1 unspecified atom stereocenters. The first-order chi connectivity index (χ1) is 18.1. The van der Waals surface area contributed by atoms with Crippen molar-refractivity contribution in [1.82, 2.24) is 10.2 Å². The van der Waals surface area contributed by atoms with Gasteiger partial charge in [-0.25, -0.2) is 8.42 Å². The molecule has 0 aliphatic heterocycles. The average Bonchev–Trinajstić information content (AvgIpc) is 2.90. The van der Waals surface area contributed by atoms with Crippen molar-refractivity contribution in [3.8, 4) is 0 Å². The number of halogens is 1. The van der Waals surface area contributed by atoms with Gasteiger partial charge in [0.15, 0.2) is 0 Å². The molecule has 3 rings (SSSR count). The number of unbranched alkanes of at least 4 members (excludes halogenated alkanes) is 1. The Labute approximate surface area is 234 Å². The van der Waals surface area contributed by atoms with Crippen molar-refractivity contribution in [3.63, 3.8) is 0 Å². The lowest BCUT2D eigenvalue weighted by atomic mass is 10.1. The van der Waals surface area contributed by atoms with Gasteiger partial charge in [-0.1, -0.05) is 71.7 Å². The first-order valence-electron chi connectivity index (χ1n) is 12.6. The van der Waals surface area contributed by atoms with Gasteiger partial charge < -0.3 is 10.2 Å². The SMILES string of the molecule is CCCCNC(=O)C(C)N(Cc1cccc(Br)c1)C(=O)CN(c1cccc(C)c1)S(=O)(=O)c1ccccc1. The molecule has 0 bridgehead atoms. The molecule has 0 heterocycles. The van der Waals surface area contributed by atoms with E-state index in [0.29, 0.717) is 12.2 Å². The van der Waals surface area contributed by atoms with E-state index in [1.807, 2.05) is 44.2 Å². The fourth-order valence-electron chi connectivity index (χ4n) is 3.98. The number of sulfonamides is 1. The molecule has 3 aromatic rings. The molecule has 0 fully saturated rings. The van der Waals surface area contributed by atoms with Gasteiger partial charge in [0.05, 0.1) is 10.6 Å². The number of aryl methyl sites for hydroxylation is 1. The zero-order chi connectivity index (χ0) is 27.7. The Morgan fingerprint density at radius 2 is 1.68 bits per heavy atom. The summed E-state index contributed by atoms with van der Waals surface area (Å²) in [5.74, 6) is -0.765. The summed E-state index contributed by atoms with van der Waals surface area (Å²) in [7, 11) is -4.06. The largest absolute Gasteiger partial charge is 0.354 e. The van der Waals surface area contributed by atoms with Gasteiger partial charge in [0.2, 0.25) is 11.8 Å². The normalized spacial score (nSPS) is 12.0. The highest BCUT2D eigenvalue weighted by Gasteiger charge is 2.32. The Bertz CT molecular complexity index is 1350. The summed E-state index contributed by atoms with van der Waals surface area (Å²) in [5, 5.41) is 2.89. The maximum absolute atomic E-state index is 13.9. The molecule has 202 valence electrons. The van der Waals surface area contributed by atoms with Crippen LogP contribution in [0.5, 0.6) is 0 Å². The second-order valence-corrected chi connectivity index (χ2v) is 11.9. The first-order valence-corrected chi connectivity index (χ1v) is 14.8. The van der Waals surface area contributed by atoms with Crippen molar-refractivity contribution in [2.45, 2.75) is 51.1 Å². The van der Waals surface area contributed by atoms with Crippen LogP contribution in [0.25, 0.3) is 0 Å². The highest BCUT2D eigenvalue weighted by molar-refractivity contribution is 9.10. The number of amides is 2. The molecule has 0 aliphatic rings. The molecule has 0 aliphatic carbocycles. The number of hydrogen-bond donors (Lipinski definition) is 1. The van der Waals surface area contributed by atoms with E-state index in [-0.39, 0.29) is 17.3 Å². The molecule has 7 nitrogen and oxygen atoms in total. The van der Waals surface area contributed by atoms with E-state index < -0.39 is 28.5 Å². The standard InChI is InChI=1S/C29H34BrN3O4S/c1-4-5-17-31-29(35)23(3)32(20-24-12-10-13-25(30)19-24)28(34)21-33(26-14-9-11-22(2)18-26)38(36,37)27-15-7-6-8-16-27/h6-16,18-19,23H,4-5,17,20-21H2,1-3H3,(H,31,35). The fraction of sp³-hybridized carbons (Fsp3) is 0.310. The summed E-state index contributed by atoms with van der Waals surface area (Å²) in [5.41, 5.74) is 2.05. The van der Waals surface area contributed by atoms with Crippen LogP contribution in [0.4, 0.5) is 5.69 Å². The summed E-state index contributed by atoms with van der Waals surface area (Å²) in [4.78, 5) is 28.4. The van der Waals surface area contributed by atoms with Gasteiger partial charge in [-0.3, -0.25) is 13.9 Å². The van der Waals surface area contributed by atoms with E-state index in [1.54, 1.807) is 43.3 Å². The first kappa shape index (κ1) is 29.4. The Morgan fingerprint density at radius 1 is 0.974 bits per heavy atom. The second kappa shape index (κ2) is 13.6. The van der Waals surface area contributed by atoms with Crippen LogP contribution in [0, 0.1) is 6.92 Å². The van der Waals surface area contributed by atoms with Crippen molar-refractivity contribution in [3.05, 3.63) is 94.5 Å². The third kappa shape index (κ3) is 7.68. The highest BCUT2D eigenvalue weighted by atomic mass is 79.9. The molecule has 1 N–H and O–H groups in total. The number of nitrogens with one attached hydrogen (secondary N) is 1. The van der Waals surface area contributed by atoms with Gasteiger partial charge in [-0.05, 0) is 67.8 Å². The van der Waals surface area contributed by atoms with Gasteiger partial charge in [0, 0.05) is 17.6 Å². The molecule has 3 aromatic carbocycles. The smallest absolute Gasteiger partial charge is 0.264 e. The van der Waals surface area contributed by atoms with Crippen molar-refractivity contribution < 1.29 is 18.0 Å². The number of nitrogens with zero attached hydrogens (tertiary/aromatic N) is 2. The molecule has 1 atom stereocenters. The zero-order valence-electron chi connectivity index (χ0n) is 21.9. The van der Waals surface area contributed by atoms with E-state index in [2.05, 4.69) is 21.2 Å². The molecular formula is C29H34BrN3O4S. The lowest BCUT2D eigenvalue weighted by molar-refractivity contribution is -0.139. The molecule has 0 saturated heterocycles. The van der Waals surface area contributed by atoms with E-state index in [4.69, 9.17) is 0 Å². The fourth-order valence-corrected chi connectivity index (χ4v) is 5.86. The maximum Gasteiger partial charge on any atom is 0.264 e. The lowest BCUT2D eigenvalue weighted by Gasteiger charge is -2.32. The van der Waals surface area contributed by atoms with Gasteiger partial charge in [-0.15, -0.1) is 0 Å². The van der Waals surface area contributed by atoms with Crippen LogP contribution in [0.1, 0.15) is 37.8 Å². The predicted molar refractivity (Wildman–Crippen MR) is 154 cm³/mol. The number of benzene rings is 3. The second-order valence-electron chi connectivity index (χ2n) is 9.14. The minimum absolute atomic E-state index is 0.0817. The summed E-state index contributed by atoms with van der Waals surface area (Å²) < 4.78 is 29.5. The minimum Gasteiger partial charge on any atom is -0.354 e. The molecule has 0 radical (unpaired) electrons. The Hall–Kier alpha value is -3.17. The average molecular weight is 601 g/mol. The van der Waals surface area contributed by atoms with Crippen molar-refractivity contribution in [1.29, 1.82) is 0 Å². The van der Waals surface area contributed by atoms with E-state index in [1.165, 1.54) is 17.0 Å². The van der Waals surface area contributed by atoms with Gasteiger partial charge in [-0.2, -0.15) is 0 Å². The molecule has 0 aromatic heterocycles. The Balaban J connectivity index is 1.99. The highest BCUT2D eigenvalue weighted by Crippen LogP contribution is 2.25. The van der Waals surface area contributed by atoms with Crippen LogP contribution in [0.15, 0.2) is 88.2 Å². The summed E-state index contributed by atoms with van der Waals surface area (Å²) >= 11 is 3.46. The van der Waals surface area contributed by atoms with Crippen molar-refractivity contribution >= 4 is 43.5 Å².